The van der Waals surface area contributed by atoms with Crippen LogP contribution in [-0.4, -0.2) is 17.8 Å². The summed E-state index contributed by atoms with van der Waals surface area (Å²) in [6.45, 7) is 7.27. The molecule has 0 radical (unpaired) electrons. The first-order chi connectivity index (χ1) is 6.61. The zero-order valence-corrected chi connectivity index (χ0v) is 8.78. The molecular formula is C11H11NOS. The van der Waals surface area contributed by atoms with Gasteiger partial charge in [0, 0.05) is 10.5 Å². The van der Waals surface area contributed by atoms with Gasteiger partial charge in [0.05, 0.1) is 0 Å². The number of hydrogen-bond donors (Lipinski definition) is 1. The summed E-state index contributed by atoms with van der Waals surface area (Å²) in [7, 11) is 0. The van der Waals surface area contributed by atoms with Crippen molar-refractivity contribution in [3.63, 3.8) is 0 Å². The first kappa shape index (κ1) is 10.7. The van der Waals surface area contributed by atoms with Crippen molar-refractivity contribution in [2.24, 2.45) is 0 Å². The number of ketones is 1. The van der Waals surface area contributed by atoms with Crippen LogP contribution >= 0.6 is 11.8 Å². The van der Waals surface area contributed by atoms with E-state index in [0.717, 1.165) is 10.5 Å². The molecule has 1 N–H and O–H groups in total. The Morgan fingerprint density at radius 1 is 1.57 bits per heavy atom. The minimum atomic E-state index is -0.309. The summed E-state index contributed by atoms with van der Waals surface area (Å²) in [6.07, 6.45) is 6.83. The molecule has 0 aromatic carbocycles. The van der Waals surface area contributed by atoms with E-state index in [1.165, 1.54) is 11.8 Å². The van der Waals surface area contributed by atoms with Crippen molar-refractivity contribution in [1.82, 2.24) is 0 Å². The van der Waals surface area contributed by atoms with Crippen molar-refractivity contribution >= 4 is 23.3 Å². The largest absolute Gasteiger partial charge is 0.297 e. The Kier molecular flexibility index (Phi) is 3.25. The van der Waals surface area contributed by atoms with Crippen LogP contribution in [0.3, 0.4) is 0 Å². The highest BCUT2D eigenvalue weighted by atomic mass is 32.2. The zero-order chi connectivity index (χ0) is 10.7. The second kappa shape index (κ2) is 4.24. The van der Waals surface area contributed by atoms with Gasteiger partial charge in [0.2, 0.25) is 5.78 Å². The Labute approximate surface area is 87.6 Å². The number of rotatable bonds is 2. The van der Waals surface area contributed by atoms with Crippen LogP contribution in [0.15, 0.2) is 47.4 Å². The molecule has 3 heteroatoms. The quantitative estimate of drug-likeness (QED) is 0.704. The normalized spacial score (nSPS) is 19.9. The Bertz CT molecular complexity index is 388. The lowest BCUT2D eigenvalue weighted by atomic mass is 9.93. The van der Waals surface area contributed by atoms with Crippen LogP contribution in [0.5, 0.6) is 0 Å². The van der Waals surface area contributed by atoms with E-state index in [2.05, 4.69) is 13.2 Å². The number of carbonyl (C=O) groups excluding carboxylic acids is 1. The topological polar surface area (TPSA) is 40.9 Å². The molecule has 0 spiro atoms. The molecule has 0 heterocycles. The van der Waals surface area contributed by atoms with E-state index in [1.807, 2.05) is 6.26 Å². The fourth-order valence-electron chi connectivity index (χ4n) is 1.18. The highest BCUT2D eigenvalue weighted by Crippen LogP contribution is 2.31. The number of allylic oxidation sites excluding steroid dienone is 5. The van der Waals surface area contributed by atoms with E-state index in [0.29, 0.717) is 5.57 Å². The number of hydrogen-bond acceptors (Lipinski definition) is 3. The lowest BCUT2D eigenvalue weighted by Gasteiger charge is -2.16. The Balaban J connectivity index is 3.28. The summed E-state index contributed by atoms with van der Waals surface area (Å²) in [5.41, 5.74) is 1.15. The third-order valence-corrected chi connectivity index (χ3v) is 2.67. The Morgan fingerprint density at radius 2 is 2.21 bits per heavy atom. The SMILES string of the molecule is C=C/C=C1\C(=C)C(=O)C(=N)C=C1SC. The summed E-state index contributed by atoms with van der Waals surface area (Å²) < 4.78 is 0. The second-order valence-electron chi connectivity index (χ2n) is 2.75. The molecule has 0 saturated carbocycles. The third kappa shape index (κ3) is 1.77. The van der Waals surface area contributed by atoms with Crippen LogP contribution in [0, 0.1) is 5.41 Å². The van der Waals surface area contributed by atoms with E-state index in [4.69, 9.17) is 5.41 Å². The maximum atomic E-state index is 11.4. The maximum Gasteiger partial charge on any atom is 0.210 e. The van der Waals surface area contributed by atoms with Gasteiger partial charge in [-0.3, -0.25) is 10.2 Å². The van der Waals surface area contributed by atoms with Crippen molar-refractivity contribution < 1.29 is 4.79 Å². The molecule has 1 aliphatic carbocycles. The van der Waals surface area contributed by atoms with E-state index in [-0.39, 0.29) is 11.5 Å². The van der Waals surface area contributed by atoms with Crippen molar-refractivity contribution in [2.75, 3.05) is 6.26 Å². The van der Waals surface area contributed by atoms with Crippen molar-refractivity contribution in [2.45, 2.75) is 0 Å². The summed E-state index contributed by atoms with van der Waals surface area (Å²) in [4.78, 5) is 12.3. The summed E-state index contributed by atoms with van der Waals surface area (Å²) >= 11 is 1.49. The number of nitrogens with one attached hydrogen (secondary N) is 1. The molecule has 0 bridgehead atoms. The predicted molar refractivity (Wildman–Crippen MR) is 61.8 cm³/mol. The highest BCUT2D eigenvalue weighted by molar-refractivity contribution is 8.02. The minimum absolute atomic E-state index is 0.000521. The number of Topliss-reactive ketones (excluding diaryl/α,β-unsaturated/α-hetero) is 1. The van der Waals surface area contributed by atoms with E-state index >= 15 is 0 Å². The molecule has 0 amide bonds. The summed E-state index contributed by atoms with van der Waals surface area (Å²) in [5, 5.41) is 7.43. The molecule has 1 aliphatic rings. The van der Waals surface area contributed by atoms with Crippen molar-refractivity contribution in [3.8, 4) is 0 Å². The van der Waals surface area contributed by atoms with Gasteiger partial charge in [-0.15, -0.1) is 11.8 Å². The van der Waals surface area contributed by atoms with Crippen LogP contribution in [-0.2, 0) is 4.79 Å². The van der Waals surface area contributed by atoms with E-state index < -0.39 is 0 Å². The monoisotopic (exact) mass is 205 g/mol. The Hall–Kier alpha value is -1.35. The van der Waals surface area contributed by atoms with Gasteiger partial charge < -0.3 is 0 Å². The maximum absolute atomic E-state index is 11.4. The van der Waals surface area contributed by atoms with Crippen molar-refractivity contribution in [3.05, 3.63) is 47.4 Å². The van der Waals surface area contributed by atoms with Crippen LogP contribution < -0.4 is 0 Å². The molecule has 0 aliphatic heterocycles. The standard InChI is InChI=1S/C11H11NOS/c1-4-5-8-7(2)11(13)9(12)6-10(8)14-3/h4-6,12H,1-2H2,3H3/b8-5+,12-9?. The Morgan fingerprint density at radius 3 is 2.71 bits per heavy atom. The van der Waals surface area contributed by atoms with Gasteiger partial charge in [-0.1, -0.05) is 25.3 Å². The molecule has 1 rings (SSSR count). The van der Waals surface area contributed by atoms with Crippen LogP contribution in [0.1, 0.15) is 0 Å². The molecule has 14 heavy (non-hydrogen) atoms. The van der Waals surface area contributed by atoms with Gasteiger partial charge in [-0.2, -0.15) is 0 Å². The predicted octanol–water partition coefficient (Wildman–Crippen LogP) is 2.50. The van der Waals surface area contributed by atoms with Gasteiger partial charge in [0.1, 0.15) is 5.71 Å². The summed E-state index contributed by atoms with van der Waals surface area (Å²) in [5.74, 6) is -0.309. The molecule has 0 aromatic heterocycles. The average Bonchev–Trinajstić information content (AvgIpc) is 2.19. The highest BCUT2D eigenvalue weighted by Gasteiger charge is 2.23. The zero-order valence-electron chi connectivity index (χ0n) is 7.96. The first-order valence-corrected chi connectivity index (χ1v) is 5.25. The molecule has 0 aromatic rings. The van der Waals surface area contributed by atoms with E-state index in [9.17, 15) is 4.79 Å². The molecule has 0 atom stereocenters. The number of thioether (sulfide) groups is 1. The third-order valence-electron chi connectivity index (χ3n) is 1.89. The van der Waals surface area contributed by atoms with Gasteiger partial charge in [0.15, 0.2) is 0 Å². The molecule has 0 fully saturated rings. The molecule has 72 valence electrons. The average molecular weight is 205 g/mol. The van der Waals surface area contributed by atoms with Gasteiger partial charge in [-0.05, 0) is 17.9 Å². The molecule has 2 nitrogen and oxygen atoms in total. The van der Waals surface area contributed by atoms with Crippen LogP contribution in [0.4, 0.5) is 0 Å². The van der Waals surface area contributed by atoms with Crippen molar-refractivity contribution in [1.29, 1.82) is 5.41 Å². The molecule has 0 unspecified atom stereocenters. The van der Waals surface area contributed by atoms with Crippen LogP contribution in [0.25, 0.3) is 0 Å². The lowest BCUT2D eigenvalue weighted by molar-refractivity contribution is -0.109. The fourth-order valence-corrected chi connectivity index (χ4v) is 1.82. The van der Waals surface area contributed by atoms with Gasteiger partial charge in [0.25, 0.3) is 0 Å². The fraction of sp³-hybridized carbons (Fsp3) is 0.0909. The summed E-state index contributed by atoms with van der Waals surface area (Å²) in [6, 6.07) is 0. The van der Waals surface area contributed by atoms with Crippen LogP contribution in [0.2, 0.25) is 0 Å². The molecule has 0 saturated heterocycles. The van der Waals surface area contributed by atoms with Gasteiger partial charge in [-0.25, -0.2) is 0 Å². The molecular weight excluding hydrogens is 194 g/mol. The number of carbonyl (C=O) groups is 1. The minimum Gasteiger partial charge on any atom is -0.297 e. The van der Waals surface area contributed by atoms with E-state index in [1.54, 1.807) is 18.2 Å². The lowest BCUT2D eigenvalue weighted by Crippen LogP contribution is -2.19. The van der Waals surface area contributed by atoms with Gasteiger partial charge >= 0.3 is 0 Å². The smallest absolute Gasteiger partial charge is 0.210 e. The first-order valence-electron chi connectivity index (χ1n) is 4.03. The second-order valence-corrected chi connectivity index (χ2v) is 3.60.